The number of nitrogens with zero attached hydrogens (tertiary/aromatic N) is 1. The molecular formula is C27H36BrCl2NO2Si. The first kappa shape index (κ1) is 27.7. The van der Waals surface area contributed by atoms with Crippen LogP contribution >= 0.6 is 39.1 Å². The molecule has 1 aliphatic heterocycles. The summed E-state index contributed by atoms with van der Waals surface area (Å²) in [4.78, 5) is 15.7. The number of carbonyl (C=O) groups is 1. The van der Waals surface area contributed by atoms with Gasteiger partial charge in [0.25, 0.3) is 0 Å². The molecule has 1 amide bonds. The Morgan fingerprint density at radius 3 is 2.53 bits per heavy atom. The first-order valence-electron chi connectivity index (χ1n) is 11.9. The maximum Gasteiger partial charge on any atom is 0.223 e. The summed E-state index contributed by atoms with van der Waals surface area (Å²) in [6.07, 6.45) is 1.68. The third-order valence-electron chi connectivity index (χ3n) is 7.44. The van der Waals surface area contributed by atoms with Crippen molar-refractivity contribution in [3.05, 3.63) is 68.7 Å². The van der Waals surface area contributed by atoms with Gasteiger partial charge in [0, 0.05) is 15.9 Å². The zero-order chi connectivity index (χ0) is 25.3. The molecule has 0 bridgehead atoms. The largest absolute Gasteiger partial charge is 0.415 e. The van der Waals surface area contributed by atoms with E-state index in [2.05, 4.69) is 68.9 Å². The second-order valence-corrected chi connectivity index (χ2v) is 17.3. The molecule has 0 radical (unpaired) electrons. The van der Waals surface area contributed by atoms with Gasteiger partial charge < -0.3 is 9.33 Å². The van der Waals surface area contributed by atoms with Gasteiger partial charge in [-0.3, -0.25) is 4.79 Å². The van der Waals surface area contributed by atoms with E-state index in [-0.39, 0.29) is 28.4 Å². The van der Waals surface area contributed by atoms with E-state index in [9.17, 15) is 4.79 Å². The van der Waals surface area contributed by atoms with Crippen molar-refractivity contribution in [2.24, 2.45) is 0 Å². The van der Waals surface area contributed by atoms with Gasteiger partial charge in [0.2, 0.25) is 5.91 Å². The van der Waals surface area contributed by atoms with E-state index in [0.717, 1.165) is 16.5 Å². The van der Waals surface area contributed by atoms with Crippen molar-refractivity contribution < 1.29 is 9.22 Å². The number of hydrogen-bond donors (Lipinski definition) is 0. The number of hydrogen-bond acceptors (Lipinski definition) is 2. The normalized spacial score (nSPS) is 19.6. The minimum atomic E-state index is -1.95. The van der Waals surface area contributed by atoms with Crippen molar-refractivity contribution in [3.63, 3.8) is 0 Å². The van der Waals surface area contributed by atoms with Gasteiger partial charge in [-0.1, -0.05) is 78.6 Å². The summed E-state index contributed by atoms with van der Waals surface area (Å²) in [5.41, 5.74) is 3.34. The summed E-state index contributed by atoms with van der Waals surface area (Å²) in [6.45, 7) is 13.9. The Hall–Kier alpha value is -0.853. The Kier molecular flexibility index (Phi) is 9.00. The average Bonchev–Trinajstić information content (AvgIpc) is 2.76. The standard InChI is InChI=1S/C27H36BrCl2NO2Si/c1-18-20-11-9-12-23(28)22(20)16-19(17-33-34(5,6)27(2,3)4)31(18)26(32)15-14-25(30)21-10-7-8-13-24(21)29/h7-13,18-19,25H,14-17H2,1-6H3/t18-,19+,25?/m0/s1. The lowest BCUT2D eigenvalue weighted by atomic mass is 9.88. The monoisotopic (exact) mass is 583 g/mol. The maximum absolute atomic E-state index is 13.6. The molecule has 1 heterocycles. The van der Waals surface area contributed by atoms with Crippen LogP contribution in [0.25, 0.3) is 0 Å². The van der Waals surface area contributed by atoms with Crippen molar-refractivity contribution in [1.82, 2.24) is 4.90 Å². The van der Waals surface area contributed by atoms with Gasteiger partial charge in [0.05, 0.1) is 24.1 Å². The highest BCUT2D eigenvalue weighted by Crippen LogP contribution is 2.40. The third kappa shape index (κ3) is 6.10. The van der Waals surface area contributed by atoms with Gasteiger partial charge in [-0.05, 0) is 66.7 Å². The summed E-state index contributed by atoms with van der Waals surface area (Å²) in [5, 5.41) is 0.448. The molecule has 0 spiro atoms. The van der Waals surface area contributed by atoms with E-state index in [0.29, 0.717) is 24.5 Å². The van der Waals surface area contributed by atoms with Crippen LogP contribution in [0.4, 0.5) is 0 Å². The molecule has 0 saturated heterocycles. The molecule has 0 fully saturated rings. The first-order chi connectivity index (χ1) is 15.8. The Labute approximate surface area is 224 Å². The molecular weight excluding hydrogens is 549 g/mol. The van der Waals surface area contributed by atoms with Crippen LogP contribution in [-0.2, 0) is 15.6 Å². The highest BCUT2D eigenvalue weighted by Gasteiger charge is 2.41. The minimum absolute atomic E-state index is 0.0167. The van der Waals surface area contributed by atoms with Gasteiger partial charge in [-0.15, -0.1) is 11.6 Å². The van der Waals surface area contributed by atoms with Crippen LogP contribution < -0.4 is 0 Å². The van der Waals surface area contributed by atoms with Crippen LogP contribution in [0, 0.1) is 0 Å². The van der Waals surface area contributed by atoms with Gasteiger partial charge >= 0.3 is 0 Å². The first-order valence-corrected chi connectivity index (χ1v) is 16.5. The number of alkyl halides is 1. The van der Waals surface area contributed by atoms with Gasteiger partial charge in [0.15, 0.2) is 8.32 Å². The van der Waals surface area contributed by atoms with Gasteiger partial charge in [-0.25, -0.2) is 0 Å². The molecule has 0 aromatic heterocycles. The lowest BCUT2D eigenvalue weighted by molar-refractivity contribution is -0.137. The topological polar surface area (TPSA) is 29.5 Å². The second kappa shape index (κ2) is 11.0. The molecule has 1 aliphatic rings. The zero-order valence-electron chi connectivity index (χ0n) is 21.0. The SMILES string of the molecule is C[C@H]1c2cccc(Br)c2C[C@H](CO[Si](C)(C)C(C)(C)C)N1C(=O)CCC(Cl)c1ccccc1Cl. The van der Waals surface area contributed by atoms with E-state index in [1.165, 1.54) is 11.1 Å². The number of amides is 1. The zero-order valence-corrected chi connectivity index (χ0v) is 25.1. The van der Waals surface area contributed by atoms with Crippen LogP contribution in [0.5, 0.6) is 0 Å². The summed E-state index contributed by atoms with van der Waals surface area (Å²) >= 11 is 16.7. The molecule has 3 nitrogen and oxygen atoms in total. The molecule has 0 N–H and O–H groups in total. The van der Waals surface area contributed by atoms with Crippen molar-refractivity contribution >= 4 is 53.4 Å². The lowest BCUT2D eigenvalue weighted by Crippen LogP contribution is -2.51. The van der Waals surface area contributed by atoms with Gasteiger partial charge in [0.1, 0.15) is 0 Å². The molecule has 1 unspecified atom stereocenters. The van der Waals surface area contributed by atoms with E-state index < -0.39 is 8.32 Å². The van der Waals surface area contributed by atoms with E-state index >= 15 is 0 Å². The third-order valence-corrected chi connectivity index (χ3v) is 13.5. The average molecular weight is 585 g/mol. The Bertz CT molecular complexity index is 1020. The predicted molar refractivity (Wildman–Crippen MR) is 149 cm³/mol. The highest BCUT2D eigenvalue weighted by atomic mass is 79.9. The van der Waals surface area contributed by atoms with Crippen molar-refractivity contribution in [1.29, 1.82) is 0 Å². The van der Waals surface area contributed by atoms with E-state index in [4.69, 9.17) is 27.6 Å². The fourth-order valence-electron chi connectivity index (χ4n) is 4.33. The quantitative estimate of drug-likeness (QED) is 0.240. The van der Waals surface area contributed by atoms with Crippen LogP contribution in [0.15, 0.2) is 46.9 Å². The number of carbonyl (C=O) groups excluding carboxylic acids is 1. The molecule has 3 rings (SSSR count). The van der Waals surface area contributed by atoms with Gasteiger partial charge in [-0.2, -0.15) is 0 Å². The summed E-state index contributed by atoms with van der Waals surface area (Å²) in [6, 6.07) is 13.8. The van der Waals surface area contributed by atoms with Crippen molar-refractivity contribution in [2.45, 2.75) is 82.6 Å². The number of rotatable bonds is 7. The minimum Gasteiger partial charge on any atom is -0.415 e. The van der Waals surface area contributed by atoms with Crippen LogP contribution in [0.1, 0.15) is 68.6 Å². The number of halogens is 3. The van der Waals surface area contributed by atoms with Crippen molar-refractivity contribution in [3.8, 4) is 0 Å². The van der Waals surface area contributed by atoms with Crippen molar-refractivity contribution in [2.75, 3.05) is 6.61 Å². The molecule has 0 aliphatic carbocycles. The Morgan fingerprint density at radius 1 is 1.21 bits per heavy atom. The highest BCUT2D eigenvalue weighted by molar-refractivity contribution is 9.10. The number of fused-ring (bicyclic) bond motifs is 1. The van der Waals surface area contributed by atoms with Crippen LogP contribution in [0.3, 0.4) is 0 Å². The number of benzene rings is 2. The Morgan fingerprint density at radius 2 is 1.88 bits per heavy atom. The fraction of sp³-hybridized carbons (Fsp3) is 0.519. The van der Waals surface area contributed by atoms with E-state index in [1.807, 2.05) is 35.2 Å². The summed E-state index contributed by atoms with van der Waals surface area (Å²) in [7, 11) is -1.95. The van der Waals surface area contributed by atoms with Crippen LogP contribution in [0.2, 0.25) is 23.2 Å². The second-order valence-electron chi connectivity index (χ2n) is 10.7. The molecule has 186 valence electrons. The molecule has 0 saturated carbocycles. The van der Waals surface area contributed by atoms with E-state index in [1.54, 1.807) is 0 Å². The summed E-state index contributed by atoms with van der Waals surface area (Å²) in [5.74, 6) is 0.111. The molecule has 7 heteroatoms. The Balaban J connectivity index is 1.82. The lowest BCUT2D eigenvalue weighted by Gasteiger charge is -2.44. The smallest absolute Gasteiger partial charge is 0.223 e. The van der Waals surface area contributed by atoms with Crippen LogP contribution in [-0.4, -0.2) is 31.8 Å². The molecule has 2 aromatic rings. The molecule has 3 atom stereocenters. The predicted octanol–water partition coefficient (Wildman–Crippen LogP) is 8.70. The summed E-state index contributed by atoms with van der Waals surface area (Å²) < 4.78 is 7.71. The maximum atomic E-state index is 13.6. The molecule has 34 heavy (non-hydrogen) atoms. The molecule has 2 aromatic carbocycles. The fourth-order valence-corrected chi connectivity index (χ4v) is 6.53.